The molecular formula is C22H21F2N3O2. The van der Waals surface area contributed by atoms with Crippen LogP contribution in [0, 0.1) is 11.6 Å². The summed E-state index contributed by atoms with van der Waals surface area (Å²) < 4.78 is 33.9. The minimum absolute atomic E-state index is 0.0681. The highest BCUT2D eigenvalue weighted by atomic mass is 19.1. The smallest absolute Gasteiger partial charge is 0.272 e. The van der Waals surface area contributed by atoms with Gasteiger partial charge < -0.3 is 9.64 Å². The quantitative estimate of drug-likeness (QED) is 0.670. The molecule has 29 heavy (non-hydrogen) atoms. The second-order valence-corrected chi connectivity index (χ2v) is 7.28. The van der Waals surface area contributed by atoms with Crippen molar-refractivity contribution in [1.82, 2.24) is 14.7 Å². The molecule has 0 aliphatic carbocycles. The SMILES string of the molecule is CC1CN(C(=O)c2cc(-c3ccc(F)cc3)nn2-c2ccc(F)cc2)CC(C)O1. The number of hydrogen-bond donors (Lipinski definition) is 0. The highest BCUT2D eigenvalue weighted by Gasteiger charge is 2.29. The van der Waals surface area contributed by atoms with Crippen molar-refractivity contribution >= 4 is 5.91 Å². The summed E-state index contributed by atoms with van der Waals surface area (Å²) in [5.41, 5.74) is 2.15. The fraction of sp³-hybridized carbons (Fsp3) is 0.273. The van der Waals surface area contributed by atoms with Gasteiger partial charge in [-0.2, -0.15) is 5.10 Å². The molecule has 1 saturated heterocycles. The Hall–Kier alpha value is -3.06. The molecule has 4 rings (SSSR count). The Labute approximate surface area is 167 Å². The van der Waals surface area contributed by atoms with Gasteiger partial charge in [0.15, 0.2) is 0 Å². The molecule has 0 spiro atoms. The molecule has 0 N–H and O–H groups in total. The van der Waals surface area contributed by atoms with Crippen molar-refractivity contribution in [2.75, 3.05) is 13.1 Å². The van der Waals surface area contributed by atoms with Gasteiger partial charge in [0.2, 0.25) is 0 Å². The molecule has 2 heterocycles. The van der Waals surface area contributed by atoms with Crippen LogP contribution in [0.4, 0.5) is 8.78 Å². The Balaban J connectivity index is 1.77. The van der Waals surface area contributed by atoms with Crippen molar-refractivity contribution in [2.45, 2.75) is 26.1 Å². The van der Waals surface area contributed by atoms with Crippen LogP contribution in [0.3, 0.4) is 0 Å². The van der Waals surface area contributed by atoms with E-state index in [1.165, 1.54) is 28.9 Å². The van der Waals surface area contributed by atoms with Gasteiger partial charge in [0.05, 0.1) is 23.6 Å². The number of carbonyl (C=O) groups is 1. The molecule has 2 atom stereocenters. The first-order valence-corrected chi connectivity index (χ1v) is 9.47. The van der Waals surface area contributed by atoms with E-state index in [2.05, 4.69) is 5.10 Å². The zero-order valence-electron chi connectivity index (χ0n) is 16.2. The number of amides is 1. The molecule has 1 aliphatic rings. The highest BCUT2D eigenvalue weighted by molar-refractivity contribution is 5.94. The van der Waals surface area contributed by atoms with Gasteiger partial charge in [0.25, 0.3) is 5.91 Å². The van der Waals surface area contributed by atoms with Gasteiger partial charge >= 0.3 is 0 Å². The molecule has 1 fully saturated rings. The van der Waals surface area contributed by atoms with Gasteiger partial charge in [-0.1, -0.05) is 0 Å². The van der Waals surface area contributed by atoms with Gasteiger partial charge in [-0.05, 0) is 68.4 Å². The topological polar surface area (TPSA) is 47.4 Å². The van der Waals surface area contributed by atoms with E-state index >= 15 is 0 Å². The Kier molecular flexibility index (Phi) is 5.15. The Bertz CT molecular complexity index is 1010. The van der Waals surface area contributed by atoms with Crippen molar-refractivity contribution < 1.29 is 18.3 Å². The van der Waals surface area contributed by atoms with Crippen LogP contribution in [0.5, 0.6) is 0 Å². The molecule has 150 valence electrons. The zero-order valence-corrected chi connectivity index (χ0v) is 16.2. The molecule has 3 aromatic rings. The van der Waals surface area contributed by atoms with E-state index < -0.39 is 0 Å². The van der Waals surface area contributed by atoms with Crippen LogP contribution >= 0.6 is 0 Å². The van der Waals surface area contributed by atoms with E-state index in [1.54, 1.807) is 35.2 Å². The highest BCUT2D eigenvalue weighted by Crippen LogP contribution is 2.24. The summed E-state index contributed by atoms with van der Waals surface area (Å²) in [6, 6.07) is 13.4. The van der Waals surface area contributed by atoms with Crippen LogP contribution in [0.25, 0.3) is 16.9 Å². The summed E-state index contributed by atoms with van der Waals surface area (Å²) >= 11 is 0. The van der Waals surface area contributed by atoms with Crippen LogP contribution < -0.4 is 0 Å². The molecule has 7 heteroatoms. The summed E-state index contributed by atoms with van der Waals surface area (Å²) in [6.07, 6.45) is -0.136. The summed E-state index contributed by atoms with van der Waals surface area (Å²) in [5, 5.41) is 4.56. The average molecular weight is 397 g/mol. The van der Waals surface area contributed by atoms with Crippen molar-refractivity contribution in [3.05, 3.63) is 71.9 Å². The van der Waals surface area contributed by atoms with Crippen molar-refractivity contribution in [1.29, 1.82) is 0 Å². The number of halogens is 2. The molecule has 2 aromatic carbocycles. The Morgan fingerprint density at radius 2 is 1.52 bits per heavy atom. The molecular weight excluding hydrogens is 376 g/mol. The van der Waals surface area contributed by atoms with Crippen LogP contribution in [0.15, 0.2) is 54.6 Å². The van der Waals surface area contributed by atoms with Crippen molar-refractivity contribution in [3.8, 4) is 16.9 Å². The number of rotatable bonds is 3. The van der Waals surface area contributed by atoms with E-state index in [1.807, 2.05) is 13.8 Å². The summed E-state index contributed by atoms with van der Waals surface area (Å²) in [4.78, 5) is 15.1. The maximum Gasteiger partial charge on any atom is 0.272 e. The van der Waals surface area contributed by atoms with Crippen LogP contribution in [0.1, 0.15) is 24.3 Å². The lowest BCUT2D eigenvalue weighted by atomic mass is 10.1. The fourth-order valence-corrected chi connectivity index (χ4v) is 3.58. The summed E-state index contributed by atoms with van der Waals surface area (Å²) in [6.45, 7) is 4.81. The van der Waals surface area contributed by atoms with Crippen LogP contribution in [0.2, 0.25) is 0 Å². The normalized spacial score (nSPS) is 19.4. The second-order valence-electron chi connectivity index (χ2n) is 7.28. The first-order valence-electron chi connectivity index (χ1n) is 9.47. The lowest BCUT2D eigenvalue weighted by Crippen LogP contribution is -2.48. The molecule has 5 nitrogen and oxygen atoms in total. The lowest BCUT2D eigenvalue weighted by molar-refractivity contribution is -0.0588. The third-order valence-corrected chi connectivity index (χ3v) is 4.85. The lowest BCUT2D eigenvalue weighted by Gasteiger charge is -2.35. The third-order valence-electron chi connectivity index (χ3n) is 4.85. The summed E-state index contributed by atoms with van der Waals surface area (Å²) in [5.74, 6) is -0.903. The monoisotopic (exact) mass is 397 g/mol. The molecule has 0 saturated carbocycles. The molecule has 1 aromatic heterocycles. The first-order chi connectivity index (χ1) is 13.9. The minimum Gasteiger partial charge on any atom is -0.372 e. The maximum atomic E-state index is 13.4. The summed E-state index contributed by atoms with van der Waals surface area (Å²) in [7, 11) is 0. The number of hydrogen-bond acceptors (Lipinski definition) is 3. The first kappa shape index (κ1) is 19.3. The number of benzene rings is 2. The Morgan fingerprint density at radius 3 is 2.10 bits per heavy atom. The number of morpholine rings is 1. The number of aromatic nitrogens is 2. The van der Waals surface area contributed by atoms with Gasteiger partial charge in [0.1, 0.15) is 17.3 Å². The van der Waals surface area contributed by atoms with E-state index in [9.17, 15) is 13.6 Å². The predicted molar refractivity (Wildman–Crippen MR) is 105 cm³/mol. The van der Waals surface area contributed by atoms with Gasteiger partial charge in [0, 0.05) is 18.7 Å². The number of carbonyl (C=O) groups excluding carboxylic acids is 1. The van der Waals surface area contributed by atoms with Gasteiger partial charge in [-0.3, -0.25) is 4.79 Å². The third kappa shape index (κ3) is 4.05. The molecule has 1 aliphatic heterocycles. The molecule has 2 unspecified atom stereocenters. The minimum atomic E-state index is -0.372. The van der Waals surface area contributed by atoms with Gasteiger partial charge in [-0.25, -0.2) is 13.5 Å². The van der Waals surface area contributed by atoms with E-state index in [4.69, 9.17) is 4.74 Å². The van der Waals surface area contributed by atoms with E-state index in [0.29, 0.717) is 35.7 Å². The van der Waals surface area contributed by atoms with E-state index in [-0.39, 0.29) is 29.7 Å². The largest absolute Gasteiger partial charge is 0.372 e. The average Bonchev–Trinajstić information content (AvgIpc) is 3.13. The maximum absolute atomic E-state index is 13.4. The van der Waals surface area contributed by atoms with Crippen molar-refractivity contribution in [2.24, 2.45) is 0 Å². The van der Waals surface area contributed by atoms with E-state index in [0.717, 1.165) is 0 Å². The van der Waals surface area contributed by atoms with Crippen molar-refractivity contribution in [3.63, 3.8) is 0 Å². The van der Waals surface area contributed by atoms with Gasteiger partial charge in [-0.15, -0.1) is 0 Å². The zero-order chi connectivity index (χ0) is 20.5. The fourth-order valence-electron chi connectivity index (χ4n) is 3.58. The molecule has 1 amide bonds. The number of nitrogens with zero attached hydrogens (tertiary/aromatic N) is 3. The Morgan fingerprint density at radius 1 is 0.966 bits per heavy atom. The van der Waals surface area contributed by atoms with Crippen LogP contribution in [-0.2, 0) is 4.74 Å². The van der Waals surface area contributed by atoms with Crippen LogP contribution in [-0.4, -0.2) is 45.9 Å². The molecule has 0 radical (unpaired) electrons. The predicted octanol–water partition coefficient (Wildman–Crippen LogP) is 4.07. The number of ether oxygens (including phenoxy) is 1. The molecule has 0 bridgehead atoms. The second kappa shape index (κ2) is 7.75. The standard InChI is InChI=1S/C22H21F2N3O2/c1-14-12-26(13-15(2)29-14)22(28)21-11-20(16-3-5-17(23)6-4-16)25-27(21)19-9-7-18(24)8-10-19/h3-11,14-15H,12-13H2,1-2H3.